The molecular weight excluding hydrogens is 943 g/mol. The van der Waals surface area contributed by atoms with Gasteiger partial charge in [0.2, 0.25) is 5.79 Å². The molecule has 17 nitrogen and oxygen atoms in total. The molecule has 1 unspecified atom stereocenters. The first-order valence-electron chi connectivity index (χ1n) is 26.7. The molecule has 4 N–H and O–H groups in total. The predicted octanol–water partition coefficient (Wildman–Crippen LogP) is 5.57. The van der Waals surface area contributed by atoms with Crippen molar-refractivity contribution < 1.29 is 77.6 Å². The van der Waals surface area contributed by atoms with Crippen LogP contribution in [0.3, 0.4) is 0 Å². The summed E-state index contributed by atoms with van der Waals surface area (Å²) in [6.07, 6.45) is 10.00. The molecule has 2 bridgehead atoms. The Balaban J connectivity index is 1.71. The summed E-state index contributed by atoms with van der Waals surface area (Å²) in [6, 6.07) is -1.18. The molecule has 2 saturated heterocycles. The Morgan fingerprint density at radius 2 is 1.59 bits per heavy atom. The van der Waals surface area contributed by atoms with Gasteiger partial charge in [0.05, 0.1) is 50.8 Å². The van der Waals surface area contributed by atoms with E-state index in [0.29, 0.717) is 63.5 Å². The number of amides is 1. The number of esters is 1. The number of hydrogen-bond donors (Lipinski definition) is 4. The first-order chi connectivity index (χ1) is 34.7. The molecule has 0 aromatic rings. The molecule has 1 saturated carbocycles. The van der Waals surface area contributed by atoms with Crippen molar-refractivity contribution in [3.63, 3.8) is 0 Å². The maximum absolute atomic E-state index is 14.6. The Morgan fingerprint density at radius 3 is 2.27 bits per heavy atom. The molecule has 414 valence electrons. The normalized spacial score (nSPS) is 37.8. The standard InChI is InChI=1S/C56H89NO16/c1-34-16-12-11-13-17-35(2)47(70-25-24-67-8)30-43-21-19-40(7)56(66,73-43)53(63)54(64)57-23-15-14-18-44(57)55(65)72-48(37(4)28-41-20-22-46(49(29-41)68-9)71-33-42(59)32-58)31-45(60)36(3)27-39(6)51(62)52(69-10)50(61)38(5)26-34/h11-13,16-17,27,34,36-38,40-44,46-49,51-52,58-59,62,66H,14-15,18-26,28-33H2,1-10H3/b13-11+,16-12+,35-17+,39-27+/t34-,36-,37-,38-,40-,41+,42+,43+,44+,46-,47?,48+,49-,51-,52+,56-/m1/s1. The van der Waals surface area contributed by atoms with Crippen molar-refractivity contribution in [2.45, 2.75) is 186 Å². The lowest BCUT2D eigenvalue weighted by Gasteiger charge is -2.43. The predicted molar refractivity (Wildman–Crippen MR) is 273 cm³/mol. The first kappa shape index (κ1) is 62.1. The highest BCUT2D eigenvalue weighted by molar-refractivity contribution is 6.39. The van der Waals surface area contributed by atoms with E-state index in [2.05, 4.69) is 0 Å². The average Bonchev–Trinajstić information content (AvgIpc) is 3.37. The maximum Gasteiger partial charge on any atom is 0.329 e. The van der Waals surface area contributed by atoms with Crippen molar-refractivity contribution in [3.8, 4) is 0 Å². The summed E-state index contributed by atoms with van der Waals surface area (Å²) < 4.78 is 41.4. The van der Waals surface area contributed by atoms with Crippen LogP contribution in [-0.2, 0) is 57.1 Å². The average molecular weight is 1030 g/mol. The number of allylic oxidation sites excluding steroid dienone is 6. The number of nitrogens with zero attached hydrogens (tertiary/aromatic N) is 1. The Morgan fingerprint density at radius 1 is 0.849 bits per heavy atom. The van der Waals surface area contributed by atoms with Gasteiger partial charge in [0.25, 0.3) is 11.7 Å². The summed E-state index contributed by atoms with van der Waals surface area (Å²) in [5.41, 5.74) is 1.22. The van der Waals surface area contributed by atoms with Crippen molar-refractivity contribution in [3.05, 3.63) is 47.6 Å². The van der Waals surface area contributed by atoms with E-state index < -0.39 is 90.5 Å². The molecule has 0 spiro atoms. The third-order valence-corrected chi connectivity index (χ3v) is 15.5. The van der Waals surface area contributed by atoms with Crippen LogP contribution in [0.5, 0.6) is 0 Å². The zero-order chi connectivity index (χ0) is 54.0. The van der Waals surface area contributed by atoms with Crippen LogP contribution in [0.1, 0.15) is 126 Å². The van der Waals surface area contributed by atoms with Crippen LogP contribution in [-0.4, -0.2) is 170 Å². The molecule has 0 radical (unpaired) electrons. The highest BCUT2D eigenvalue weighted by Gasteiger charge is 2.53. The van der Waals surface area contributed by atoms with E-state index >= 15 is 0 Å². The minimum Gasteiger partial charge on any atom is -0.460 e. The Labute approximate surface area is 434 Å². The van der Waals surface area contributed by atoms with Crippen LogP contribution in [0.2, 0.25) is 0 Å². The van der Waals surface area contributed by atoms with Gasteiger partial charge in [-0.1, -0.05) is 71.1 Å². The fourth-order valence-corrected chi connectivity index (χ4v) is 10.8. The minimum absolute atomic E-state index is 0.00836. The van der Waals surface area contributed by atoms with Crippen LogP contribution in [0, 0.1) is 35.5 Å². The minimum atomic E-state index is -2.48. The number of aliphatic hydroxyl groups excluding tert-OH is 3. The van der Waals surface area contributed by atoms with Gasteiger partial charge in [0.15, 0.2) is 5.78 Å². The van der Waals surface area contributed by atoms with Gasteiger partial charge >= 0.3 is 5.97 Å². The Bertz CT molecular complexity index is 1920. The molecule has 3 fully saturated rings. The number of piperidine rings is 1. The largest absolute Gasteiger partial charge is 0.460 e. The molecule has 0 aromatic heterocycles. The zero-order valence-electron chi connectivity index (χ0n) is 45.3. The van der Waals surface area contributed by atoms with Gasteiger partial charge in [-0.05, 0) is 107 Å². The van der Waals surface area contributed by atoms with Crippen molar-refractivity contribution in [2.75, 3.05) is 54.3 Å². The smallest absolute Gasteiger partial charge is 0.329 e. The van der Waals surface area contributed by atoms with E-state index in [4.69, 9.17) is 33.2 Å². The monoisotopic (exact) mass is 1030 g/mol. The molecule has 17 heteroatoms. The quantitative estimate of drug-likeness (QED) is 0.0764. The first-order valence-corrected chi connectivity index (χ1v) is 26.7. The number of ketones is 3. The lowest BCUT2D eigenvalue weighted by Crippen LogP contribution is -2.61. The van der Waals surface area contributed by atoms with Gasteiger partial charge in [-0.25, -0.2) is 4.79 Å². The van der Waals surface area contributed by atoms with Gasteiger partial charge in [0.1, 0.15) is 36.2 Å². The summed E-state index contributed by atoms with van der Waals surface area (Å²) in [5, 5.41) is 42.8. The molecule has 73 heavy (non-hydrogen) atoms. The highest BCUT2D eigenvalue weighted by Crippen LogP contribution is 2.38. The van der Waals surface area contributed by atoms with Crippen molar-refractivity contribution in [2.24, 2.45) is 35.5 Å². The Hall–Kier alpha value is -3.49. The third kappa shape index (κ3) is 17.8. The number of methoxy groups -OCH3 is 3. The van der Waals surface area contributed by atoms with Crippen molar-refractivity contribution >= 4 is 29.2 Å². The van der Waals surface area contributed by atoms with Crippen LogP contribution in [0.25, 0.3) is 0 Å². The van der Waals surface area contributed by atoms with Crippen LogP contribution in [0.15, 0.2) is 47.6 Å². The van der Waals surface area contributed by atoms with Crippen molar-refractivity contribution in [1.82, 2.24) is 4.90 Å². The number of Topliss-reactive ketones (excluding diaryl/α,β-unsaturated/α-hetero) is 3. The molecule has 3 heterocycles. The van der Waals surface area contributed by atoms with E-state index in [0.717, 1.165) is 12.0 Å². The number of carbonyl (C=O) groups is 5. The number of carbonyl (C=O) groups excluding carboxylic acids is 5. The molecule has 4 aliphatic rings. The summed E-state index contributed by atoms with van der Waals surface area (Å²) in [7, 11) is 4.53. The van der Waals surface area contributed by atoms with Crippen molar-refractivity contribution in [1.29, 1.82) is 0 Å². The topological polar surface area (TPSA) is 234 Å². The van der Waals surface area contributed by atoms with Gasteiger partial charge < -0.3 is 58.5 Å². The third-order valence-electron chi connectivity index (χ3n) is 15.5. The van der Waals surface area contributed by atoms with Gasteiger partial charge in [-0.3, -0.25) is 19.2 Å². The molecule has 3 aliphatic heterocycles. The fraction of sp³-hybridized carbons (Fsp3) is 0.768. The second kappa shape index (κ2) is 30.3. The summed E-state index contributed by atoms with van der Waals surface area (Å²) in [6.45, 7) is 12.8. The maximum atomic E-state index is 14.6. The number of fused-ring (bicyclic) bond motifs is 3. The lowest BCUT2D eigenvalue weighted by molar-refractivity contribution is -0.266. The number of hydrogen-bond acceptors (Lipinski definition) is 16. The number of ether oxygens (including phenoxy) is 7. The van der Waals surface area contributed by atoms with Gasteiger partial charge in [-0.15, -0.1) is 0 Å². The van der Waals surface area contributed by atoms with Gasteiger partial charge in [-0.2, -0.15) is 0 Å². The van der Waals surface area contributed by atoms with Crippen LogP contribution in [0.4, 0.5) is 0 Å². The fourth-order valence-electron chi connectivity index (χ4n) is 10.8. The molecular formula is C56H89NO16. The van der Waals surface area contributed by atoms with Gasteiger partial charge in [0, 0.05) is 58.5 Å². The summed E-state index contributed by atoms with van der Waals surface area (Å²) in [4.78, 5) is 72.6. The number of cyclic esters (lactones) is 1. The molecule has 16 atom stereocenters. The second-order valence-electron chi connectivity index (χ2n) is 21.4. The second-order valence-corrected chi connectivity index (χ2v) is 21.4. The number of aliphatic hydroxyl groups is 4. The Kier molecular flexibility index (Phi) is 25.8. The van der Waals surface area contributed by atoms with E-state index in [-0.39, 0.29) is 80.5 Å². The van der Waals surface area contributed by atoms with E-state index in [1.54, 1.807) is 48.0 Å². The molecule has 1 aliphatic carbocycles. The molecule has 4 rings (SSSR count). The SMILES string of the molecule is COCCOC1C[C@@H]2CC[C@@H](C)[C@@](O)(O2)C(=O)C(=O)N2CCCC[C@H]2C(=O)O[C@H]([C@H](C)C[C@@H]2CC[C@@H](OC[C@@H](O)CO)[C@H](OC)C2)CC(=O)[C@H](C)/C=C(\C)[C@@H](O)[C@@H](OC)C(=O)[C@H](C)C[C@H](C)/C=C/C=C/C=C/1C. The molecule has 1 amide bonds. The highest BCUT2D eigenvalue weighted by atomic mass is 16.6. The van der Waals surface area contributed by atoms with Crippen LogP contribution >= 0.6 is 0 Å². The molecule has 0 aromatic carbocycles. The lowest BCUT2D eigenvalue weighted by atomic mass is 9.78. The zero-order valence-corrected chi connectivity index (χ0v) is 45.3. The van der Waals surface area contributed by atoms with E-state index in [1.165, 1.54) is 12.0 Å². The number of rotatable bonds is 13. The van der Waals surface area contributed by atoms with Crippen LogP contribution < -0.4 is 0 Å². The van der Waals surface area contributed by atoms with E-state index in [1.807, 2.05) is 51.2 Å². The summed E-state index contributed by atoms with van der Waals surface area (Å²) in [5.74, 6) is -8.33. The van der Waals surface area contributed by atoms with E-state index in [9.17, 15) is 44.4 Å². The summed E-state index contributed by atoms with van der Waals surface area (Å²) >= 11 is 0.